The lowest BCUT2D eigenvalue weighted by Crippen LogP contribution is -2.44. The van der Waals surface area contributed by atoms with E-state index in [2.05, 4.69) is 16.6 Å². The number of imide groups is 1. The molecular weight excluding hydrogens is 228 g/mol. The Kier molecular flexibility index (Phi) is 7.36. The predicted octanol–water partition coefficient (Wildman–Crippen LogP) is -0.122. The van der Waals surface area contributed by atoms with Crippen molar-refractivity contribution in [1.29, 1.82) is 0 Å². The number of ether oxygens (including phenoxy) is 1. The fourth-order valence-corrected chi connectivity index (χ4v) is 0.963. The highest BCUT2D eigenvalue weighted by Gasteiger charge is 2.10. The third-order valence-electron chi connectivity index (χ3n) is 1.61. The molecule has 7 nitrogen and oxygen atoms in total. The molecule has 0 saturated heterocycles. The number of aliphatic carboxylic acids is 1. The molecule has 7 heteroatoms. The summed E-state index contributed by atoms with van der Waals surface area (Å²) >= 11 is 0. The Balaban J connectivity index is 3.76. The van der Waals surface area contributed by atoms with E-state index in [4.69, 9.17) is 5.11 Å². The van der Waals surface area contributed by atoms with Crippen LogP contribution in [0.3, 0.4) is 0 Å². The van der Waals surface area contributed by atoms with E-state index in [9.17, 15) is 14.4 Å². The van der Waals surface area contributed by atoms with Crippen LogP contribution in [0, 0.1) is 0 Å². The maximum atomic E-state index is 11.2. The Morgan fingerprint density at radius 1 is 1.41 bits per heavy atom. The van der Waals surface area contributed by atoms with E-state index in [1.165, 1.54) is 0 Å². The molecule has 0 saturated carbocycles. The van der Waals surface area contributed by atoms with Crippen LogP contribution in [-0.2, 0) is 14.3 Å². The van der Waals surface area contributed by atoms with Crippen LogP contribution in [0.4, 0.5) is 4.79 Å². The highest BCUT2D eigenvalue weighted by Crippen LogP contribution is 1.89. The van der Waals surface area contributed by atoms with Crippen molar-refractivity contribution in [2.75, 3.05) is 13.2 Å². The molecular formula is C10H16N2O5. The van der Waals surface area contributed by atoms with E-state index < -0.39 is 31.1 Å². The molecule has 17 heavy (non-hydrogen) atoms. The van der Waals surface area contributed by atoms with Gasteiger partial charge < -0.3 is 15.2 Å². The number of carboxylic acids is 1. The largest absolute Gasteiger partial charge is 0.480 e. The van der Waals surface area contributed by atoms with Gasteiger partial charge in [0.05, 0.1) is 0 Å². The summed E-state index contributed by atoms with van der Waals surface area (Å²) in [4.78, 5) is 32.3. The molecule has 0 spiro atoms. The van der Waals surface area contributed by atoms with Crippen LogP contribution in [-0.4, -0.2) is 42.3 Å². The molecule has 0 rings (SSSR count). The van der Waals surface area contributed by atoms with E-state index in [1.54, 1.807) is 13.0 Å². The minimum atomic E-state index is -1.18. The molecule has 0 aromatic rings. The van der Waals surface area contributed by atoms with Gasteiger partial charge >= 0.3 is 12.0 Å². The van der Waals surface area contributed by atoms with Crippen LogP contribution < -0.4 is 10.6 Å². The lowest BCUT2D eigenvalue weighted by Gasteiger charge is -2.11. The normalized spacial score (nSPS) is 11.4. The number of rotatable bonds is 7. The summed E-state index contributed by atoms with van der Waals surface area (Å²) in [6, 6.07) is -0.788. The number of urea groups is 1. The van der Waals surface area contributed by atoms with Crippen molar-refractivity contribution in [2.24, 2.45) is 0 Å². The van der Waals surface area contributed by atoms with Crippen LogP contribution in [0.15, 0.2) is 12.7 Å². The maximum absolute atomic E-state index is 11.2. The van der Waals surface area contributed by atoms with Gasteiger partial charge in [-0.05, 0) is 13.3 Å². The Morgan fingerprint density at radius 3 is 2.59 bits per heavy atom. The molecule has 3 N–H and O–H groups in total. The van der Waals surface area contributed by atoms with Gasteiger partial charge in [-0.3, -0.25) is 10.1 Å². The molecule has 3 amide bonds. The summed E-state index contributed by atoms with van der Waals surface area (Å²) in [6.45, 7) is 4.21. The average Bonchev–Trinajstić information content (AvgIpc) is 2.16. The molecule has 0 aromatic carbocycles. The van der Waals surface area contributed by atoms with Crippen LogP contribution in [0.2, 0.25) is 0 Å². The first-order valence-electron chi connectivity index (χ1n) is 4.96. The summed E-state index contributed by atoms with van der Waals surface area (Å²) in [7, 11) is 0. The van der Waals surface area contributed by atoms with E-state index in [1.807, 2.05) is 5.32 Å². The first-order valence-corrected chi connectivity index (χ1v) is 4.96. The van der Waals surface area contributed by atoms with Crippen molar-refractivity contribution < 1.29 is 24.2 Å². The number of carboxylic acid groups (broad SMARTS) is 1. The first kappa shape index (κ1) is 15.1. The van der Waals surface area contributed by atoms with Gasteiger partial charge in [0.25, 0.3) is 5.91 Å². The lowest BCUT2D eigenvalue weighted by atomic mass is 10.2. The highest BCUT2D eigenvalue weighted by atomic mass is 16.5. The van der Waals surface area contributed by atoms with Gasteiger partial charge in [0.1, 0.15) is 13.2 Å². The number of nitrogens with one attached hydrogen (secondary N) is 2. The van der Waals surface area contributed by atoms with Gasteiger partial charge in [-0.25, -0.2) is 9.59 Å². The van der Waals surface area contributed by atoms with Gasteiger partial charge in [-0.15, -0.1) is 6.58 Å². The molecule has 0 heterocycles. The molecule has 0 aliphatic heterocycles. The molecule has 1 unspecified atom stereocenters. The number of carbonyl (C=O) groups is 3. The molecule has 0 bridgehead atoms. The van der Waals surface area contributed by atoms with Gasteiger partial charge in [-0.1, -0.05) is 6.08 Å². The zero-order chi connectivity index (χ0) is 13.3. The van der Waals surface area contributed by atoms with Crippen molar-refractivity contribution >= 4 is 17.9 Å². The smallest absolute Gasteiger partial charge is 0.329 e. The van der Waals surface area contributed by atoms with Crippen molar-refractivity contribution in [3.63, 3.8) is 0 Å². The van der Waals surface area contributed by atoms with Crippen molar-refractivity contribution in [2.45, 2.75) is 19.4 Å². The molecule has 0 aliphatic carbocycles. The predicted molar refractivity (Wildman–Crippen MR) is 59.4 cm³/mol. The zero-order valence-corrected chi connectivity index (χ0v) is 9.56. The lowest BCUT2D eigenvalue weighted by molar-refractivity contribution is -0.143. The summed E-state index contributed by atoms with van der Waals surface area (Å²) in [5.41, 5.74) is 0. The standard InChI is InChI=1S/C10H16N2O5/c1-3-4-7(2)11-10(16)12-8(13)5-17-6-9(14)15/h3,7H,1,4-6H2,2H3,(H,14,15)(H2,11,12,13,16). The van der Waals surface area contributed by atoms with Crippen molar-refractivity contribution in [3.8, 4) is 0 Å². The second-order valence-corrected chi connectivity index (χ2v) is 3.33. The van der Waals surface area contributed by atoms with Crippen LogP contribution in [0.5, 0.6) is 0 Å². The van der Waals surface area contributed by atoms with Crippen molar-refractivity contribution in [3.05, 3.63) is 12.7 Å². The fourth-order valence-electron chi connectivity index (χ4n) is 0.963. The van der Waals surface area contributed by atoms with Crippen LogP contribution in [0.25, 0.3) is 0 Å². The Labute approximate surface area is 98.8 Å². The van der Waals surface area contributed by atoms with E-state index >= 15 is 0 Å². The summed E-state index contributed by atoms with van der Waals surface area (Å²) in [6.07, 6.45) is 2.22. The third kappa shape index (κ3) is 9.06. The minimum absolute atomic E-state index is 0.139. The van der Waals surface area contributed by atoms with Gasteiger partial charge in [0, 0.05) is 6.04 Å². The Hall–Kier alpha value is -1.89. The average molecular weight is 244 g/mol. The minimum Gasteiger partial charge on any atom is -0.480 e. The molecule has 0 fully saturated rings. The summed E-state index contributed by atoms with van der Waals surface area (Å²) < 4.78 is 4.50. The number of carbonyl (C=O) groups excluding carboxylic acids is 2. The Morgan fingerprint density at radius 2 is 2.06 bits per heavy atom. The van der Waals surface area contributed by atoms with Gasteiger partial charge in [-0.2, -0.15) is 0 Å². The molecule has 1 atom stereocenters. The number of amides is 3. The second kappa shape index (κ2) is 8.28. The first-order chi connectivity index (χ1) is 7.95. The van der Waals surface area contributed by atoms with Gasteiger partial charge in [0.15, 0.2) is 0 Å². The highest BCUT2D eigenvalue weighted by molar-refractivity contribution is 5.95. The topological polar surface area (TPSA) is 105 Å². The Bertz CT molecular complexity index is 303. The SMILES string of the molecule is C=CCC(C)NC(=O)NC(=O)COCC(=O)O. The van der Waals surface area contributed by atoms with E-state index in [0.29, 0.717) is 6.42 Å². The fraction of sp³-hybridized carbons (Fsp3) is 0.500. The maximum Gasteiger partial charge on any atom is 0.329 e. The van der Waals surface area contributed by atoms with Crippen LogP contribution >= 0.6 is 0 Å². The molecule has 96 valence electrons. The number of hydrogen-bond acceptors (Lipinski definition) is 4. The summed E-state index contributed by atoms with van der Waals surface area (Å²) in [5.74, 6) is -1.88. The van der Waals surface area contributed by atoms with Crippen molar-refractivity contribution in [1.82, 2.24) is 10.6 Å². The quantitative estimate of drug-likeness (QED) is 0.541. The zero-order valence-electron chi connectivity index (χ0n) is 9.56. The molecule has 0 aliphatic rings. The second-order valence-electron chi connectivity index (χ2n) is 3.33. The molecule has 0 radical (unpaired) electrons. The number of hydrogen-bond donors (Lipinski definition) is 3. The monoisotopic (exact) mass is 244 g/mol. The third-order valence-corrected chi connectivity index (χ3v) is 1.61. The summed E-state index contributed by atoms with van der Waals surface area (Å²) in [5, 5.41) is 12.7. The molecule has 0 aromatic heterocycles. The van der Waals surface area contributed by atoms with Gasteiger partial charge in [0.2, 0.25) is 0 Å². The van der Waals surface area contributed by atoms with E-state index in [0.717, 1.165) is 0 Å². The van der Waals surface area contributed by atoms with Crippen LogP contribution in [0.1, 0.15) is 13.3 Å². The van der Waals surface area contributed by atoms with E-state index in [-0.39, 0.29) is 6.04 Å².